The molecule has 3 heterocycles. The molecule has 0 saturated carbocycles. The van der Waals surface area contributed by atoms with Gasteiger partial charge in [-0.15, -0.1) is 0 Å². The van der Waals surface area contributed by atoms with Gasteiger partial charge in [-0.2, -0.15) is 5.10 Å². The number of carbonyl (C=O) groups excluding carboxylic acids is 1. The summed E-state index contributed by atoms with van der Waals surface area (Å²) in [5.74, 6) is 1.63. The van der Waals surface area contributed by atoms with Crippen LogP contribution < -0.4 is 16.0 Å². The summed E-state index contributed by atoms with van der Waals surface area (Å²) < 4.78 is 0. The van der Waals surface area contributed by atoms with Crippen LogP contribution in [0.1, 0.15) is 12.8 Å². The lowest BCUT2D eigenvalue weighted by Gasteiger charge is -2.28. The molecule has 8 heteroatoms. The number of carbonyl (C=O) groups is 1. The number of piperidine rings is 1. The van der Waals surface area contributed by atoms with Crippen LogP contribution in [0, 0.1) is 5.92 Å². The fourth-order valence-corrected chi connectivity index (χ4v) is 4.99. The Bertz CT molecular complexity index is 1570. The van der Waals surface area contributed by atoms with E-state index in [1.165, 1.54) is 0 Å². The van der Waals surface area contributed by atoms with E-state index in [1.54, 1.807) is 0 Å². The molecule has 8 nitrogen and oxygen atoms in total. The van der Waals surface area contributed by atoms with Gasteiger partial charge < -0.3 is 20.9 Å². The predicted molar refractivity (Wildman–Crippen MR) is 158 cm³/mol. The minimum absolute atomic E-state index is 0.0577. The zero-order valence-electron chi connectivity index (χ0n) is 21.8. The van der Waals surface area contributed by atoms with Gasteiger partial charge in [0, 0.05) is 40.1 Å². The maximum Gasteiger partial charge on any atom is 0.227 e. The van der Waals surface area contributed by atoms with Crippen molar-refractivity contribution in [3.63, 3.8) is 0 Å². The van der Waals surface area contributed by atoms with E-state index in [0.717, 1.165) is 70.7 Å². The number of nitrogens with one attached hydrogen (secondary N) is 4. The summed E-state index contributed by atoms with van der Waals surface area (Å²) in [5.41, 5.74) is 4.71. The molecule has 1 amide bonds. The average molecular weight is 518 g/mol. The van der Waals surface area contributed by atoms with E-state index in [-0.39, 0.29) is 11.8 Å². The first-order valence-electron chi connectivity index (χ1n) is 13.2. The Balaban J connectivity index is 1.21. The molecule has 1 aliphatic heterocycles. The minimum Gasteiger partial charge on any atom is -0.340 e. The van der Waals surface area contributed by atoms with Gasteiger partial charge in [0.25, 0.3) is 0 Å². The van der Waals surface area contributed by atoms with Gasteiger partial charge in [-0.25, -0.2) is 4.98 Å². The molecule has 39 heavy (non-hydrogen) atoms. The lowest BCUT2D eigenvalue weighted by Crippen LogP contribution is -2.35. The van der Waals surface area contributed by atoms with E-state index in [2.05, 4.69) is 62.4 Å². The van der Waals surface area contributed by atoms with Crippen molar-refractivity contribution in [3.05, 3.63) is 91.3 Å². The van der Waals surface area contributed by atoms with Crippen LogP contribution in [0.5, 0.6) is 0 Å². The molecule has 0 spiro atoms. The van der Waals surface area contributed by atoms with Crippen LogP contribution in [0.25, 0.3) is 21.9 Å². The van der Waals surface area contributed by atoms with Gasteiger partial charge in [-0.05, 0) is 80.3 Å². The molecule has 6 rings (SSSR count). The maximum absolute atomic E-state index is 12.8. The number of nitrogens with zero attached hydrogens (tertiary/aromatic N) is 3. The molecule has 0 radical (unpaired) electrons. The summed E-state index contributed by atoms with van der Waals surface area (Å²) in [5, 5.41) is 19.0. The van der Waals surface area contributed by atoms with Gasteiger partial charge in [0.15, 0.2) is 0 Å². The third-order valence-corrected chi connectivity index (χ3v) is 7.21. The van der Waals surface area contributed by atoms with E-state index in [4.69, 9.17) is 4.98 Å². The summed E-state index contributed by atoms with van der Waals surface area (Å²) in [6.07, 6.45) is 5.47. The molecule has 2 aromatic heterocycles. The zero-order valence-corrected chi connectivity index (χ0v) is 21.8. The smallest absolute Gasteiger partial charge is 0.227 e. The van der Waals surface area contributed by atoms with Crippen LogP contribution in [-0.4, -0.2) is 46.1 Å². The van der Waals surface area contributed by atoms with Gasteiger partial charge in [-0.1, -0.05) is 42.5 Å². The number of rotatable bonds is 7. The molecule has 4 N–H and O–H groups in total. The largest absolute Gasteiger partial charge is 0.340 e. The SMILES string of the molecule is CN1CCC(C(=O)Nc2cccc(Nc3cc4ccccc4c(Nc4ccc(-c5cn[nH]c5)cc4)n3)c2)CC1. The Labute approximate surface area is 227 Å². The zero-order chi connectivity index (χ0) is 26.6. The van der Waals surface area contributed by atoms with Crippen LogP contribution in [0.2, 0.25) is 0 Å². The Kier molecular flexibility index (Phi) is 6.93. The number of anilines is 5. The third kappa shape index (κ3) is 5.76. The van der Waals surface area contributed by atoms with Crippen molar-refractivity contribution >= 4 is 45.4 Å². The summed E-state index contributed by atoms with van der Waals surface area (Å²) in [7, 11) is 2.10. The van der Waals surface area contributed by atoms with Gasteiger partial charge in [0.05, 0.1) is 6.20 Å². The van der Waals surface area contributed by atoms with Crippen LogP contribution >= 0.6 is 0 Å². The van der Waals surface area contributed by atoms with Gasteiger partial charge in [0.1, 0.15) is 11.6 Å². The van der Waals surface area contributed by atoms with Crippen LogP contribution in [0.4, 0.5) is 28.7 Å². The maximum atomic E-state index is 12.8. The lowest BCUT2D eigenvalue weighted by atomic mass is 9.96. The third-order valence-electron chi connectivity index (χ3n) is 7.21. The Morgan fingerprint density at radius 1 is 0.872 bits per heavy atom. The Morgan fingerprint density at radius 3 is 2.46 bits per heavy atom. The average Bonchev–Trinajstić information content (AvgIpc) is 3.49. The predicted octanol–water partition coefficient (Wildman–Crippen LogP) is 6.39. The number of benzene rings is 3. The first-order chi connectivity index (χ1) is 19.1. The molecule has 3 aromatic carbocycles. The molecule has 0 aliphatic carbocycles. The highest BCUT2D eigenvalue weighted by atomic mass is 16.1. The van der Waals surface area contributed by atoms with Crippen LogP contribution in [0.3, 0.4) is 0 Å². The Hall–Kier alpha value is -4.69. The molecule has 196 valence electrons. The quantitative estimate of drug-likeness (QED) is 0.200. The van der Waals surface area contributed by atoms with Gasteiger partial charge in [0.2, 0.25) is 5.91 Å². The van der Waals surface area contributed by atoms with E-state index >= 15 is 0 Å². The number of aromatic nitrogens is 3. The topological polar surface area (TPSA) is 98.0 Å². The molecule has 1 saturated heterocycles. The highest BCUT2D eigenvalue weighted by molar-refractivity contribution is 5.96. The summed E-state index contributed by atoms with van der Waals surface area (Å²) in [6, 6.07) is 26.2. The molecule has 5 aromatic rings. The fourth-order valence-electron chi connectivity index (χ4n) is 4.99. The molecule has 1 fully saturated rings. The number of hydrogen-bond donors (Lipinski definition) is 4. The van der Waals surface area contributed by atoms with Crippen molar-refractivity contribution in [2.24, 2.45) is 5.92 Å². The van der Waals surface area contributed by atoms with Crippen molar-refractivity contribution < 1.29 is 4.79 Å². The second-order valence-electron chi connectivity index (χ2n) is 10.0. The standard InChI is InChI=1S/C31H31N7O/c1-38-15-13-22(14-16-38)31(39)36-27-7-4-6-26(18-27)34-29-17-23-5-2-3-8-28(23)30(37-29)35-25-11-9-21(10-12-25)24-19-32-33-20-24/h2-12,17-20,22H,13-16H2,1H3,(H,32,33)(H,36,39)(H2,34,35,37). The normalized spacial score (nSPS) is 14.3. The Morgan fingerprint density at radius 2 is 1.67 bits per heavy atom. The number of fused-ring (bicyclic) bond motifs is 1. The van der Waals surface area contributed by atoms with E-state index in [9.17, 15) is 4.79 Å². The van der Waals surface area contributed by atoms with Crippen LogP contribution in [0.15, 0.2) is 91.3 Å². The van der Waals surface area contributed by atoms with E-state index in [0.29, 0.717) is 5.82 Å². The molecule has 1 aliphatic rings. The van der Waals surface area contributed by atoms with E-state index < -0.39 is 0 Å². The van der Waals surface area contributed by atoms with Crippen LogP contribution in [-0.2, 0) is 4.79 Å². The van der Waals surface area contributed by atoms with Crippen molar-refractivity contribution in [1.82, 2.24) is 20.1 Å². The van der Waals surface area contributed by atoms with E-state index in [1.807, 2.05) is 67.0 Å². The number of hydrogen-bond acceptors (Lipinski definition) is 6. The lowest BCUT2D eigenvalue weighted by molar-refractivity contribution is -0.121. The number of amides is 1. The minimum atomic E-state index is 0.0577. The highest BCUT2D eigenvalue weighted by Gasteiger charge is 2.23. The van der Waals surface area contributed by atoms with Gasteiger partial charge in [-0.3, -0.25) is 9.89 Å². The summed E-state index contributed by atoms with van der Waals surface area (Å²) >= 11 is 0. The summed E-state index contributed by atoms with van der Waals surface area (Å²) in [4.78, 5) is 20.0. The second kappa shape index (κ2) is 11.0. The second-order valence-corrected chi connectivity index (χ2v) is 10.0. The fraction of sp³-hybridized carbons (Fsp3) is 0.194. The van der Waals surface area contributed by atoms with Gasteiger partial charge >= 0.3 is 0 Å². The first-order valence-corrected chi connectivity index (χ1v) is 13.2. The monoisotopic (exact) mass is 517 g/mol. The van der Waals surface area contributed by atoms with Crippen molar-refractivity contribution in [1.29, 1.82) is 0 Å². The molecule has 0 bridgehead atoms. The molecule has 0 unspecified atom stereocenters. The number of H-pyrrole nitrogens is 1. The molecular formula is C31H31N7O. The number of aromatic amines is 1. The number of pyridine rings is 1. The van der Waals surface area contributed by atoms with Crippen molar-refractivity contribution in [3.8, 4) is 11.1 Å². The van der Waals surface area contributed by atoms with Crippen molar-refractivity contribution in [2.75, 3.05) is 36.1 Å². The highest BCUT2D eigenvalue weighted by Crippen LogP contribution is 2.30. The van der Waals surface area contributed by atoms with Crippen molar-refractivity contribution in [2.45, 2.75) is 12.8 Å². The number of likely N-dealkylation sites (tertiary alicyclic amines) is 1. The molecule has 0 atom stereocenters. The first kappa shape index (κ1) is 24.6. The molecular weight excluding hydrogens is 486 g/mol. The summed E-state index contributed by atoms with van der Waals surface area (Å²) in [6.45, 7) is 1.91.